The van der Waals surface area contributed by atoms with Gasteiger partial charge in [0.2, 0.25) is 0 Å². The Bertz CT molecular complexity index is 1900. The summed E-state index contributed by atoms with van der Waals surface area (Å²) in [6.45, 7) is 2.07. The minimum atomic E-state index is -3.51. The highest BCUT2D eigenvalue weighted by Crippen LogP contribution is 2.45. The molecule has 0 bridgehead atoms. The fourth-order valence-electron chi connectivity index (χ4n) is 5.78. The number of nitrogens with one attached hydrogen (secondary N) is 1. The molecule has 2 amide bonds. The van der Waals surface area contributed by atoms with Gasteiger partial charge in [-0.3, -0.25) is 19.1 Å². The fourth-order valence-corrected chi connectivity index (χ4v) is 7.05. The van der Waals surface area contributed by atoms with E-state index in [0.29, 0.717) is 16.6 Å². The van der Waals surface area contributed by atoms with E-state index < -0.39 is 33.3 Å². The van der Waals surface area contributed by atoms with Gasteiger partial charge in [-0.15, -0.1) is 0 Å². The molecule has 1 aliphatic heterocycles. The van der Waals surface area contributed by atoms with Gasteiger partial charge in [-0.2, -0.15) is 5.10 Å². The second-order valence-corrected chi connectivity index (χ2v) is 12.6. The average molecular weight is 546 g/mol. The molecule has 1 saturated carbocycles. The third-order valence-electron chi connectivity index (χ3n) is 8.07. The Morgan fingerprint density at radius 1 is 1.15 bits per heavy atom. The van der Waals surface area contributed by atoms with Crippen LogP contribution >= 0.6 is 0 Å². The second kappa shape index (κ2) is 8.63. The number of hydrogen-bond acceptors (Lipinski definition) is 6. The predicted octanol–water partition coefficient (Wildman–Crippen LogP) is 2.91. The predicted molar refractivity (Wildman–Crippen MR) is 149 cm³/mol. The normalized spacial score (nSPS) is 19.3. The van der Waals surface area contributed by atoms with Crippen molar-refractivity contribution in [3.05, 3.63) is 81.1 Å². The zero-order valence-electron chi connectivity index (χ0n) is 21.5. The molecule has 0 spiro atoms. The first kappa shape index (κ1) is 25.1. The Labute approximate surface area is 224 Å². The van der Waals surface area contributed by atoms with Crippen LogP contribution < -0.4 is 16.2 Å². The molecule has 3 heterocycles. The number of amides is 2. The van der Waals surface area contributed by atoms with Crippen LogP contribution in [0.15, 0.2) is 58.9 Å². The number of aryl methyl sites for hydroxylation is 1. The molecule has 6 rings (SSSR count). The molecule has 2 aromatic carbocycles. The number of pyridine rings is 1. The molecular weight excluding hydrogens is 518 g/mol. The number of sulfone groups is 1. The number of anilines is 1. The summed E-state index contributed by atoms with van der Waals surface area (Å²) in [4.78, 5) is 44.0. The van der Waals surface area contributed by atoms with Crippen molar-refractivity contribution in [1.82, 2.24) is 14.8 Å². The van der Waals surface area contributed by atoms with Crippen molar-refractivity contribution in [2.45, 2.75) is 37.6 Å². The van der Waals surface area contributed by atoms with Crippen molar-refractivity contribution in [3.8, 4) is 0 Å². The smallest absolute Gasteiger partial charge is 0.264 e. The van der Waals surface area contributed by atoms with Gasteiger partial charge in [0, 0.05) is 23.5 Å². The number of fused-ring (bicyclic) bond motifs is 2. The lowest BCUT2D eigenvalue weighted by Gasteiger charge is -2.40. The van der Waals surface area contributed by atoms with E-state index in [-0.39, 0.29) is 22.3 Å². The summed E-state index contributed by atoms with van der Waals surface area (Å²) in [6, 6.07) is 9.48. The first-order valence-electron chi connectivity index (χ1n) is 12.6. The molecule has 39 heavy (non-hydrogen) atoms. The van der Waals surface area contributed by atoms with Crippen LogP contribution in [-0.4, -0.2) is 46.8 Å². The summed E-state index contributed by atoms with van der Waals surface area (Å²) >= 11 is 0. The van der Waals surface area contributed by atoms with E-state index in [1.165, 1.54) is 17.0 Å². The lowest BCUT2D eigenvalue weighted by Crippen LogP contribution is -2.43. The molecule has 0 unspecified atom stereocenters. The van der Waals surface area contributed by atoms with Crippen molar-refractivity contribution in [2.24, 2.45) is 12.8 Å². The van der Waals surface area contributed by atoms with Crippen LogP contribution in [0.25, 0.3) is 21.8 Å². The third-order valence-corrected chi connectivity index (χ3v) is 9.45. The number of carbonyl (C=O) groups is 2. The van der Waals surface area contributed by atoms with Gasteiger partial charge in [-0.05, 0) is 59.5 Å². The lowest BCUT2D eigenvalue weighted by molar-refractivity contribution is 0.0979. The van der Waals surface area contributed by atoms with Gasteiger partial charge in [0.05, 0.1) is 34.6 Å². The lowest BCUT2D eigenvalue weighted by atomic mass is 9.64. The van der Waals surface area contributed by atoms with Gasteiger partial charge < -0.3 is 15.6 Å². The molecule has 1 atom stereocenters. The minimum absolute atomic E-state index is 0.176. The monoisotopic (exact) mass is 545 g/mol. The van der Waals surface area contributed by atoms with Crippen molar-refractivity contribution in [3.63, 3.8) is 0 Å². The van der Waals surface area contributed by atoms with Crippen LogP contribution in [-0.2, 0) is 22.3 Å². The standard InChI is InChI=1S/C28H27N5O5S/c1-28(9-3-10-28)21-6-4-16-13-20(26(35)31-24(16)23(21)25(29)34)27(36)33(19-8-11-39(37,38)15-19)18-5-7-22-17(12-18)14-30-32(22)2/h4-8,11-14,19H,3,9-10,15H2,1-2H3,(H2,29,34)(H,31,35)/t19-/m1/s1. The molecule has 1 aliphatic carbocycles. The molecule has 2 aliphatic rings. The molecule has 0 saturated heterocycles. The Morgan fingerprint density at radius 2 is 1.92 bits per heavy atom. The quantitative estimate of drug-likeness (QED) is 0.394. The number of benzene rings is 2. The van der Waals surface area contributed by atoms with Gasteiger partial charge >= 0.3 is 0 Å². The molecular formula is C28H27N5O5S. The Morgan fingerprint density at radius 3 is 2.56 bits per heavy atom. The van der Waals surface area contributed by atoms with Crippen molar-refractivity contribution < 1.29 is 18.0 Å². The topological polar surface area (TPSA) is 148 Å². The number of aromatic amines is 1. The van der Waals surface area contributed by atoms with Crippen molar-refractivity contribution >= 4 is 49.1 Å². The number of hydrogen-bond donors (Lipinski definition) is 2. The zero-order chi connectivity index (χ0) is 27.7. The molecule has 200 valence electrons. The number of carbonyl (C=O) groups excluding carboxylic acids is 2. The second-order valence-electron chi connectivity index (χ2n) is 10.7. The van der Waals surface area contributed by atoms with Crippen molar-refractivity contribution in [2.75, 3.05) is 10.7 Å². The Balaban J connectivity index is 1.50. The molecule has 1 fully saturated rings. The van der Waals surface area contributed by atoms with E-state index in [2.05, 4.69) is 17.0 Å². The van der Waals surface area contributed by atoms with Gasteiger partial charge in [0.15, 0.2) is 9.84 Å². The molecule has 3 N–H and O–H groups in total. The largest absolute Gasteiger partial charge is 0.366 e. The number of nitrogens with two attached hydrogens (primary N) is 1. The van der Waals surface area contributed by atoms with Crippen LogP contribution in [0.3, 0.4) is 0 Å². The fraction of sp³-hybridized carbons (Fsp3) is 0.286. The number of nitrogens with zero attached hydrogens (tertiary/aromatic N) is 3. The maximum Gasteiger partial charge on any atom is 0.264 e. The summed E-state index contributed by atoms with van der Waals surface area (Å²) < 4.78 is 26.3. The maximum absolute atomic E-state index is 14.0. The SMILES string of the molecule is Cn1ncc2cc(N(C(=O)c3cc4ccc(C5(C)CCC5)c(C(N)=O)c4[nH]c3=O)[C@@H]3C=CS(=O)(=O)C3)ccc21. The highest BCUT2D eigenvalue weighted by atomic mass is 32.2. The highest BCUT2D eigenvalue weighted by molar-refractivity contribution is 7.94. The highest BCUT2D eigenvalue weighted by Gasteiger charge is 2.38. The van der Waals surface area contributed by atoms with E-state index in [4.69, 9.17) is 5.73 Å². The summed E-state index contributed by atoms with van der Waals surface area (Å²) in [5.74, 6) is -1.61. The average Bonchev–Trinajstić information content (AvgIpc) is 3.42. The number of rotatable bonds is 5. The first-order valence-corrected chi connectivity index (χ1v) is 14.4. The zero-order valence-corrected chi connectivity index (χ0v) is 22.3. The summed E-state index contributed by atoms with van der Waals surface area (Å²) in [5.41, 5.74) is 7.31. The summed E-state index contributed by atoms with van der Waals surface area (Å²) in [5, 5.41) is 6.57. The molecule has 11 heteroatoms. The Hall–Kier alpha value is -4.25. The van der Waals surface area contributed by atoms with Crippen LogP contribution in [0.4, 0.5) is 5.69 Å². The summed E-state index contributed by atoms with van der Waals surface area (Å²) in [7, 11) is -1.71. The van der Waals surface area contributed by atoms with E-state index in [0.717, 1.165) is 41.1 Å². The maximum atomic E-state index is 14.0. The van der Waals surface area contributed by atoms with Gasteiger partial charge in [-0.25, -0.2) is 8.42 Å². The Kier molecular flexibility index (Phi) is 5.55. The van der Waals surface area contributed by atoms with E-state index in [9.17, 15) is 22.8 Å². The van der Waals surface area contributed by atoms with Gasteiger partial charge in [-0.1, -0.05) is 25.5 Å². The van der Waals surface area contributed by atoms with E-state index in [1.807, 2.05) is 6.07 Å². The number of aromatic nitrogens is 3. The van der Waals surface area contributed by atoms with Crippen molar-refractivity contribution in [1.29, 1.82) is 0 Å². The molecule has 0 radical (unpaired) electrons. The van der Waals surface area contributed by atoms with Crippen LogP contribution in [0.2, 0.25) is 0 Å². The van der Waals surface area contributed by atoms with Gasteiger partial charge in [0.25, 0.3) is 17.4 Å². The number of H-pyrrole nitrogens is 1. The first-order chi connectivity index (χ1) is 18.5. The van der Waals surface area contributed by atoms with E-state index >= 15 is 0 Å². The van der Waals surface area contributed by atoms with Crippen LogP contribution in [0.1, 0.15) is 52.5 Å². The number of primary amides is 1. The minimum Gasteiger partial charge on any atom is -0.366 e. The molecule has 4 aromatic rings. The van der Waals surface area contributed by atoms with E-state index in [1.54, 1.807) is 42.2 Å². The third kappa shape index (κ3) is 4.04. The molecule has 2 aromatic heterocycles. The van der Waals surface area contributed by atoms with Gasteiger partial charge in [0.1, 0.15) is 5.56 Å². The summed E-state index contributed by atoms with van der Waals surface area (Å²) in [6.07, 6.45) is 5.97. The molecule has 10 nitrogen and oxygen atoms in total. The van der Waals surface area contributed by atoms with Crippen LogP contribution in [0, 0.1) is 0 Å². The van der Waals surface area contributed by atoms with Crippen LogP contribution in [0.5, 0.6) is 0 Å².